The van der Waals surface area contributed by atoms with Crippen molar-refractivity contribution in [3.05, 3.63) is 64.9 Å². The molecule has 1 amide bonds. The zero-order valence-electron chi connectivity index (χ0n) is 14.7. The van der Waals surface area contributed by atoms with Gasteiger partial charge in [-0.15, -0.1) is 0 Å². The lowest BCUT2D eigenvalue weighted by molar-refractivity contribution is 0.0959. The summed E-state index contributed by atoms with van der Waals surface area (Å²) in [4.78, 5) is 16.0. The number of fused-ring (bicyclic) bond motifs is 1. The van der Waals surface area contributed by atoms with E-state index in [-0.39, 0.29) is 11.4 Å². The van der Waals surface area contributed by atoms with Crippen molar-refractivity contribution in [3.63, 3.8) is 0 Å². The van der Waals surface area contributed by atoms with Crippen LogP contribution < -0.4 is 10.1 Å². The number of pyridine rings is 1. The lowest BCUT2D eigenvalue weighted by Gasteiger charge is -2.13. The highest BCUT2D eigenvalue weighted by Gasteiger charge is 2.16. The van der Waals surface area contributed by atoms with E-state index in [1.54, 1.807) is 12.1 Å². The number of hydrogen-bond acceptors (Lipinski definition) is 3. The fraction of sp³-hybridized carbons (Fsp3) is 0.200. The third kappa shape index (κ3) is 3.22. The summed E-state index contributed by atoms with van der Waals surface area (Å²) in [6, 6.07) is 7.24. The average Bonchev–Trinajstić information content (AvgIpc) is 2.63. The number of ether oxygens (including phenoxy) is 1. The van der Waals surface area contributed by atoms with Crippen LogP contribution in [0.25, 0.3) is 10.9 Å². The first kappa shape index (κ1) is 17.8. The molecule has 0 aliphatic heterocycles. The fourth-order valence-corrected chi connectivity index (χ4v) is 2.76. The second-order valence-electron chi connectivity index (χ2n) is 5.90. The molecule has 2 aromatic carbocycles. The van der Waals surface area contributed by atoms with E-state index in [0.717, 1.165) is 5.56 Å². The highest BCUT2D eigenvalue weighted by Crippen LogP contribution is 2.33. The number of amides is 1. The molecule has 0 aliphatic rings. The summed E-state index contributed by atoms with van der Waals surface area (Å²) in [5, 5.41) is 2.86. The molecular weight excluding hydrogens is 338 g/mol. The van der Waals surface area contributed by atoms with Crippen LogP contribution in [0, 0.1) is 18.6 Å². The van der Waals surface area contributed by atoms with Crippen molar-refractivity contribution in [1.82, 2.24) is 10.3 Å². The first-order chi connectivity index (χ1) is 12.4. The number of nitrogens with zero attached hydrogens (tertiary/aromatic N) is 1. The molecule has 0 atom stereocenters. The van der Waals surface area contributed by atoms with Crippen molar-refractivity contribution in [2.75, 3.05) is 7.05 Å². The number of halogens is 2. The van der Waals surface area contributed by atoms with E-state index in [4.69, 9.17) is 4.74 Å². The van der Waals surface area contributed by atoms with Crippen molar-refractivity contribution in [2.24, 2.45) is 0 Å². The molecule has 0 bridgehead atoms. The molecule has 134 valence electrons. The second-order valence-corrected chi connectivity index (χ2v) is 5.90. The minimum absolute atomic E-state index is 0.109. The van der Waals surface area contributed by atoms with Crippen molar-refractivity contribution < 1.29 is 18.3 Å². The van der Waals surface area contributed by atoms with Gasteiger partial charge in [-0.25, -0.2) is 8.78 Å². The monoisotopic (exact) mass is 356 g/mol. The van der Waals surface area contributed by atoms with Crippen LogP contribution in [0.15, 0.2) is 36.5 Å². The van der Waals surface area contributed by atoms with E-state index in [1.807, 2.05) is 13.8 Å². The molecule has 0 spiro atoms. The first-order valence-corrected chi connectivity index (χ1v) is 8.21. The Labute approximate surface area is 149 Å². The summed E-state index contributed by atoms with van der Waals surface area (Å²) in [5.74, 6) is -0.835. The quantitative estimate of drug-likeness (QED) is 0.747. The summed E-state index contributed by atoms with van der Waals surface area (Å²) in [6.07, 6.45) is 2.06. The van der Waals surface area contributed by atoms with E-state index >= 15 is 0 Å². The van der Waals surface area contributed by atoms with Gasteiger partial charge < -0.3 is 10.1 Å². The molecule has 0 aliphatic carbocycles. The van der Waals surface area contributed by atoms with E-state index in [2.05, 4.69) is 10.3 Å². The Kier molecular flexibility index (Phi) is 4.84. The molecule has 1 aromatic heterocycles. The van der Waals surface area contributed by atoms with Crippen molar-refractivity contribution >= 4 is 16.8 Å². The van der Waals surface area contributed by atoms with Gasteiger partial charge in [-0.1, -0.05) is 6.92 Å². The van der Waals surface area contributed by atoms with Gasteiger partial charge in [0, 0.05) is 30.8 Å². The van der Waals surface area contributed by atoms with Gasteiger partial charge in [0.05, 0.1) is 11.1 Å². The zero-order chi connectivity index (χ0) is 18.8. The second kappa shape index (κ2) is 7.07. The summed E-state index contributed by atoms with van der Waals surface area (Å²) in [6.45, 7) is 3.70. The molecule has 3 aromatic rings. The normalized spacial score (nSPS) is 10.8. The standard InChI is InChI=1S/C20H18F2N2O2/c1-4-12-7-11(2)19(10-15(12)21)26-18-5-6-24-17-9-16(22)13(8-14(17)18)20(25)23-3/h5-10H,4H2,1-3H3,(H,23,25). The predicted molar refractivity (Wildman–Crippen MR) is 95.7 cm³/mol. The molecule has 0 saturated heterocycles. The van der Waals surface area contributed by atoms with Crippen LogP contribution in [-0.4, -0.2) is 17.9 Å². The van der Waals surface area contributed by atoms with E-state index in [1.165, 1.54) is 31.4 Å². The fourth-order valence-electron chi connectivity index (χ4n) is 2.76. The molecule has 0 saturated carbocycles. The summed E-state index contributed by atoms with van der Waals surface area (Å²) in [5.41, 5.74) is 1.62. The smallest absolute Gasteiger partial charge is 0.254 e. The number of carbonyl (C=O) groups is 1. The molecule has 1 N–H and O–H groups in total. The topological polar surface area (TPSA) is 51.2 Å². The Hall–Kier alpha value is -3.02. The van der Waals surface area contributed by atoms with Crippen LogP contribution in [0.3, 0.4) is 0 Å². The number of nitrogens with one attached hydrogen (secondary N) is 1. The molecule has 0 radical (unpaired) electrons. The van der Waals surface area contributed by atoms with Crippen LogP contribution in [-0.2, 0) is 6.42 Å². The highest BCUT2D eigenvalue weighted by molar-refractivity contribution is 5.99. The Morgan fingerprint density at radius 3 is 2.62 bits per heavy atom. The molecular formula is C20H18F2N2O2. The Morgan fingerprint density at radius 1 is 1.15 bits per heavy atom. The van der Waals surface area contributed by atoms with E-state index in [9.17, 15) is 13.6 Å². The van der Waals surface area contributed by atoms with E-state index < -0.39 is 11.7 Å². The zero-order valence-corrected chi connectivity index (χ0v) is 14.7. The van der Waals surface area contributed by atoms with Gasteiger partial charge >= 0.3 is 0 Å². The van der Waals surface area contributed by atoms with Crippen LogP contribution >= 0.6 is 0 Å². The molecule has 3 rings (SSSR count). The average molecular weight is 356 g/mol. The minimum atomic E-state index is -0.670. The van der Waals surface area contributed by atoms with Crippen LogP contribution in [0.1, 0.15) is 28.4 Å². The first-order valence-electron chi connectivity index (χ1n) is 8.21. The lowest BCUT2D eigenvalue weighted by Crippen LogP contribution is -2.19. The van der Waals surface area contributed by atoms with Gasteiger partial charge in [0.2, 0.25) is 0 Å². The largest absolute Gasteiger partial charge is 0.456 e. The highest BCUT2D eigenvalue weighted by atomic mass is 19.1. The number of aryl methyl sites for hydroxylation is 2. The van der Waals surface area contributed by atoms with Crippen molar-refractivity contribution in [2.45, 2.75) is 20.3 Å². The van der Waals surface area contributed by atoms with Gasteiger partial charge in [-0.05, 0) is 42.7 Å². The molecule has 6 heteroatoms. The molecule has 0 unspecified atom stereocenters. The SMILES string of the molecule is CCc1cc(C)c(Oc2ccnc3cc(F)c(C(=O)NC)cc23)cc1F. The summed E-state index contributed by atoms with van der Waals surface area (Å²) in [7, 11) is 1.42. The van der Waals surface area contributed by atoms with Crippen molar-refractivity contribution in [1.29, 1.82) is 0 Å². The number of carbonyl (C=O) groups excluding carboxylic acids is 1. The van der Waals surface area contributed by atoms with Crippen LogP contribution in [0.4, 0.5) is 8.78 Å². The summed E-state index contributed by atoms with van der Waals surface area (Å²) < 4.78 is 34.1. The Balaban J connectivity index is 2.11. The van der Waals surface area contributed by atoms with Gasteiger partial charge in [0.25, 0.3) is 5.91 Å². The Bertz CT molecular complexity index is 1000. The van der Waals surface area contributed by atoms with Gasteiger partial charge in [0.15, 0.2) is 0 Å². The summed E-state index contributed by atoms with van der Waals surface area (Å²) >= 11 is 0. The maximum absolute atomic E-state index is 14.1. The van der Waals surface area contributed by atoms with Crippen LogP contribution in [0.2, 0.25) is 0 Å². The number of hydrogen-bond donors (Lipinski definition) is 1. The van der Waals surface area contributed by atoms with E-state index in [0.29, 0.717) is 34.4 Å². The van der Waals surface area contributed by atoms with Crippen molar-refractivity contribution in [3.8, 4) is 11.5 Å². The minimum Gasteiger partial charge on any atom is -0.456 e. The maximum Gasteiger partial charge on any atom is 0.254 e. The van der Waals surface area contributed by atoms with Crippen LogP contribution in [0.5, 0.6) is 11.5 Å². The lowest BCUT2D eigenvalue weighted by atomic mass is 10.1. The maximum atomic E-state index is 14.1. The number of rotatable bonds is 4. The molecule has 1 heterocycles. The molecule has 0 fully saturated rings. The number of aromatic nitrogens is 1. The predicted octanol–water partition coefficient (Wildman–Crippen LogP) is 4.54. The third-order valence-electron chi connectivity index (χ3n) is 4.21. The Morgan fingerprint density at radius 2 is 1.92 bits per heavy atom. The van der Waals surface area contributed by atoms with Gasteiger partial charge in [-0.3, -0.25) is 9.78 Å². The number of benzene rings is 2. The van der Waals surface area contributed by atoms with Gasteiger partial charge in [0.1, 0.15) is 23.1 Å². The molecule has 26 heavy (non-hydrogen) atoms. The molecule has 4 nitrogen and oxygen atoms in total. The third-order valence-corrected chi connectivity index (χ3v) is 4.21. The van der Waals surface area contributed by atoms with Gasteiger partial charge in [-0.2, -0.15) is 0 Å².